The number of hydrogen-bond donors (Lipinski definition) is 1. The normalized spacial score (nSPS) is 11.8. The van der Waals surface area contributed by atoms with Gasteiger partial charge in [0.25, 0.3) is 0 Å². The van der Waals surface area contributed by atoms with Gasteiger partial charge < -0.3 is 14.8 Å². The summed E-state index contributed by atoms with van der Waals surface area (Å²) in [6, 6.07) is 12.5. The third-order valence-electron chi connectivity index (χ3n) is 4.22. The zero-order chi connectivity index (χ0) is 21.6. The molecule has 0 aromatic heterocycles. The van der Waals surface area contributed by atoms with Gasteiger partial charge >= 0.3 is 0 Å². The molecule has 2 aromatic rings. The van der Waals surface area contributed by atoms with E-state index in [0.29, 0.717) is 11.4 Å². The van der Waals surface area contributed by atoms with Crippen LogP contribution >= 0.6 is 0 Å². The van der Waals surface area contributed by atoms with Crippen LogP contribution in [0.5, 0.6) is 11.5 Å². The lowest BCUT2D eigenvalue weighted by Gasteiger charge is -2.29. The number of nitriles is 1. The Kier molecular flexibility index (Phi) is 7.07. The van der Waals surface area contributed by atoms with Crippen LogP contribution in [-0.4, -0.2) is 40.8 Å². The van der Waals surface area contributed by atoms with Crippen molar-refractivity contribution in [3.63, 3.8) is 0 Å². The minimum Gasteiger partial charge on any atom is -0.497 e. The van der Waals surface area contributed by atoms with Crippen LogP contribution < -0.4 is 19.1 Å². The van der Waals surface area contributed by atoms with Crippen LogP contribution in [0.1, 0.15) is 12.5 Å². The average Bonchev–Trinajstić information content (AvgIpc) is 2.68. The molecule has 0 fully saturated rings. The first kappa shape index (κ1) is 22.0. The molecule has 29 heavy (non-hydrogen) atoms. The SMILES string of the molecule is COc1ccc(OC)c(N([C@@H](C)C(=O)Nc2ccc(CC#N)cc2)S(C)(=O)=O)c1. The second kappa shape index (κ2) is 9.30. The molecule has 154 valence electrons. The molecule has 0 bridgehead atoms. The van der Waals surface area contributed by atoms with E-state index in [0.717, 1.165) is 16.1 Å². The first-order valence-electron chi connectivity index (χ1n) is 8.69. The summed E-state index contributed by atoms with van der Waals surface area (Å²) in [5, 5.41) is 11.4. The van der Waals surface area contributed by atoms with Crippen molar-refractivity contribution in [1.29, 1.82) is 5.26 Å². The first-order valence-corrected chi connectivity index (χ1v) is 10.5. The van der Waals surface area contributed by atoms with E-state index in [1.807, 2.05) is 6.07 Å². The largest absolute Gasteiger partial charge is 0.497 e. The number of nitrogens with zero attached hydrogens (tertiary/aromatic N) is 2. The number of rotatable bonds is 8. The van der Waals surface area contributed by atoms with Gasteiger partial charge in [0.1, 0.15) is 17.5 Å². The van der Waals surface area contributed by atoms with Gasteiger partial charge in [0.2, 0.25) is 15.9 Å². The summed E-state index contributed by atoms with van der Waals surface area (Å²) in [5.41, 5.74) is 1.51. The van der Waals surface area contributed by atoms with Crippen molar-refractivity contribution in [3.8, 4) is 17.6 Å². The molecule has 9 heteroatoms. The Morgan fingerprint density at radius 2 is 1.83 bits per heavy atom. The molecule has 0 saturated carbocycles. The van der Waals surface area contributed by atoms with Gasteiger partial charge in [-0.15, -0.1) is 0 Å². The zero-order valence-electron chi connectivity index (χ0n) is 16.7. The molecular formula is C20H23N3O5S. The first-order chi connectivity index (χ1) is 13.7. The molecule has 0 radical (unpaired) electrons. The van der Waals surface area contributed by atoms with E-state index in [2.05, 4.69) is 5.32 Å². The van der Waals surface area contributed by atoms with E-state index < -0.39 is 22.0 Å². The Bertz CT molecular complexity index is 1010. The molecule has 0 aliphatic carbocycles. The molecule has 2 aromatic carbocycles. The van der Waals surface area contributed by atoms with Crippen LogP contribution in [0.2, 0.25) is 0 Å². The number of ether oxygens (including phenoxy) is 2. The van der Waals surface area contributed by atoms with Crippen molar-refractivity contribution in [2.75, 3.05) is 30.1 Å². The molecule has 0 unspecified atom stereocenters. The number of nitrogens with one attached hydrogen (secondary N) is 1. The quantitative estimate of drug-likeness (QED) is 0.707. The summed E-state index contributed by atoms with van der Waals surface area (Å²) in [4.78, 5) is 12.8. The molecule has 0 heterocycles. The molecule has 0 aliphatic rings. The number of benzene rings is 2. The predicted molar refractivity (Wildman–Crippen MR) is 111 cm³/mol. The molecule has 0 aliphatic heterocycles. The van der Waals surface area contributed by atoms with Gasteiger partial charge in [-0.2, -0.15) is 5.26 Å². The Morgan fingerprint density at radius 3 is 2.34 bits per heavy atom. The summed E-state index contributed by atoms with van der Waals surface area (Å²) >= 11 is 0. The zero-order valence-corrected chi connectivity index (χ0v) is 17.5. The van der Waals surface area contributed by atoms with Crippen molar-refractivity contribution in [2.24, 2.45) is 0 Å². The summed E-state index contributed by atoms with van der Waals surface area (Å²) in [6.45, 7) is 1.49. The molecule has 1 atom stereocenters. The van der Waals surface area contributed by atoms with Gasteiger partial charge in [0.05, 0.1) is 38.7 Å². The minimum absolute atomic E-state index is 0.196. The number of carbonyl (C=O) groups is 1. The fourth-order valence-corrected chi connectivity index (χ4v) is 3.96. The molecule has 8 nitrogen and oxygen atoms in total. The van der Waals surface area contributed by atoms with Crippen LogP contribution in [-0.2, 0) is 21.2 Å². The number of hydrogen-bond acceptors (Lipinski definition) is 6. The predicted octanol–water partition coefficient (Wildman–Crippen LogP) is 2.56. The second-order valence-corrected chi connectivity index (χ2v) is 8.15. The van der Waals surface area contributed by atoms with Crippen molar-refractivity contribution in [2.45, 2.75) is 19.4 Å². The van der Waals surface area contributed by atoms with Crippen LogP contribution in [0, 0.1) is 11.3 Å². The van der Waals surface area contributed by atoms with Gasteiger partial charge in [-0.25, -0.2) is 8.42 Å². The Morgan fingerprint density at radius 1 is 1.17 bits per heavy atom. The topological polar surface area (TPSA) is 109 Å². The highest BCUT2D eigenvalue weighted by molar-refractivity contribution is 7.92. The van der Waals surface area contributed by atoms with Crippen LogP contribution in [0.4, 0.5) is 11.4 Å². The average molecular weight is 417 g/mol. The molecular weight excluding hydrogens is 394 g/mol. The maximum absolute atomic E-state index is 12.8. The number of amides is 1. The summed E-state index contributed by atoms with van der Waals surface area (Å²) in [5.74, 6) is 0.195. The Hall–Kier alpha value is -3.25. The van der Waals surface area contributed by atoms with Gasteiger partial charge in [-0.3, -0.25) is 9.10 Å². The van der Waals surface area contributed by atoms with Crippen LogP contribution in [0.25, 0.3) is 0 Å². The lowest BCUT2D eigenvalue weighted by molar-refractivity contribution is -0.116. The highest BCUT2D eigenvalue weighted by Gasteiger charge is 2.31. The fourth-order valence-electron chi connectivity index (χ4n) is 2.79. The molecule has 1 amide bonds. The maximum atomic E-state index is 12.8. The third kappa shape index (κ3) is 5.39. The van der Waals surface area contributed by atoms with Crippen molar-refractivity contribution < 1.29 is 22.7 Å². The van der Waals surface area contributed by atoms with Crippen LogP contribution in [0.3, 0.4) is 0 Å². The molecule has 0 saturated heterocycles. The molecule has 0 spiro atoms. The van der Waals surface area contributed by atoms with E-state index in [1.165, 1.54) is 27.2 Å². The Labute approximate surface area is 170 Å². The van der Waals surface area contributed by atoms with E-state index in [4.69, 9.17) is 14.7 Å². The van der Waals surface area contributed by atoms with Gasteiger partial charge in [-0.1, -0.05) is 12.1 Å². The fraction of sp³-hybridized carbons (Fsp3) is 0.300. The van der Waals surface area contributed by atoms with Crippen molar-refractivity contribution >= 4 is 27.3 Å². The summed E-state index contributed by atoms with van der Waals surface area (Å²) < 4.78 is 36.5. The molecule has 2 rings (SSSR count). The standard InChI is InChI=1S/C20H23N3O5S/c1-14(20(24)22-16-7-5-15(6-8-16)11-12-21)23(29(4,25)26)18-13-17(27-2)9-10-19(18)28-3/h5-10,13-14H,11H2,1-4H3,(H,22,24)/t14-/m0/s1. The van der Waals surface area contributed by atoms with E-state index in [-0.39, 0.29) is 17.9 Å². The monoisotopic (exact) mass is 417 g/mol. The van der Waals surface area contributed by atoms with Crippen molar-refractivity contribution in [3.05, 3.63) is 48.0 Å². The van der Waals surface area contributed by atoms with Gasteiger partial charge in [0, 0.05) is 11.8 Å². The van der Waals surface area contributed by atoms with Crippen LogP contribution in [0.15, 0.2) is 42.5 Å². The number of sulfonamides is 1. The Balaban J connectivity index is 2.36. The van der Waals surface area contributed by atoms with E-state index >= 15 is 0 Å². The second-order valence-electron chi connectivity index (χ2n) is 6.29. The number of methoxy groups -OCH3 is 2. The van der Waals surface area contributed by atoms with E-state index in [9.17, 15) is 13.2 Å². The minimum atomic E-state index is -3.83. The van der Waals surface area contributed by atoms with Crippen molar-refractivity contribution in [1.82, 2.24) is 0 Å². The highest BCUT2D eigenvalue weighted by atomic mass is 32.2. The third-order valence-corrected chi connectivity index (χ3v) is 5.44. The number of carbonyl (C=O) groups excluding carboxylic acids is 1. The highest BCUT2D eigenvalue weighted by Crippen LogP contribution is 2.35. The molecule has 1 N–H and O–H groups in total. The number of anilines is 2. The lowest BCUT2D eigenvalue weighted by atomic mass is 10.1. The van der Waals surface area contributed by atoms with Gasteiger partial charge in [-0.05, 0) is 36.8 Å². The summed E-state index contributed by atoms with van der Waals surface area (Å²) in [6.07, 6.45) is 1.29. The maximum Gasteiger partial charge on any atom is 0.247 e. The van der Waals surface area contributed by atoms with Gasteiger partial charge in [0.15, 0.2) is 0 Å². The lowest BCUT2D eigenvalue weighted by Crippen LogP contribution is -2.45. The van der Waals surface area contributed by atoms with E-state index in [1.54, 1.807) is 36.4 Å². The smallest absolute Gasteiger partial charge is 0.247 e. The summed E-state index contributed by atoms with van der Waals surface area (Å²) in [7, 11) is -0.948.